The van der Waals surface area contributed by atoms with Crippen LogP contribution in [0.1, 0.15) is 54.2 Å². The lowest BCUT2D eigenvalue weighted by atomic mass is 9.85. The zero-order valence-corrected chi connectivity index (χ0v) is 23.8. The van der Waals surface area contributed by atoms with Crippen molar-refractivity contribution in [1.82, 2.24) is 4.57 Å². The van der Waals surface area contributed by atoms with E-state index in [4.69, 9.17) is 9.47 Å². The van der Waals surface area contributed by atoms with Crippen molar-refractivity contribution in [2.45, 2.75) is 58.1 Å². The number of fused-ring (bicyclic) bond motifs is 1. The van der Waals surface area contributed by atoms with E-state index in [0.29, 0.717) is 24.0 Å². The summed E-state index contributed by atoms with van der Waals surface area (Å²) in [5.41, 5.74) is 4.58. The molecular formula is C30H40NO6P. The summed E-state index contributed by atoms with van der Waals surface area (Å²) in [5, 5.41) is 11.7. The van der Waals surface area contributed by atoms with Gasteiger partial charge in [0, 0.05) is 35.8 Å². The van der Waals surface area contributed by atoms with Crippen LogP contribution in [0.25, 0.3) is 0 Å². The van der Waals surface area contributed by atoms with E-state index in [0.717, 1.165) is 36.0 Å². The van der Waals surface area contributed by atoms with Gasteiger partial charge in [-0.15, -0.1) is 0 Å². The van der Waals surface area contributed by atoms with Gasteiger partial charge in [-0.05, 0) is 72.6 Å². The molecule has 206 valence electrons. The van der Waals surface area contributed by atoms with Crippen LogP contribution in [0.4, 0.5) is 0 Å². The van der Waals surface area contributed by atoms with Crippen molar-refractivity contribution in [2.75, 3.05) is 20.4 Å². The number of benzene rings is 2. The van der Waals surface area contributed by atoms with Crippen LogP contribution in [0.5, 0.6) is 11.5 Å². The molecule has 4 rings (SSSR count). The number of hydrogen-bond acceptors (Lipinski definition) is 4. The number of rotatable bonds is 11. The lowest BCUT2D eigenvalue weighted by Gasteiger charge is -2.28. The van der Waals surface area contributed by atoms with Gasteiger partial charge in [0.1, 0.15) is 11.5 Å². The average Bonchev–Trinajstić information content (AvgIpc) is 3.49. The van der Waals surface area contributed by atoms with Gasteiger partial charge in [-0.3, -0.25) is 4.57 Å². The molecule has 1 heterocycles. The summed E-state index contributed by atoms with van der Waals surface area (Å²) in [6.45, 7) is 6.19. The summed E-state index contributed by atoms with van der Waals surface area (Å²) in [4.78, 5) is 19.1. The molecule has 0 amide bonds. The zero-order valence-electron chi connectivity index (χ0n) is 22.9. The number of aliphatic hydroxyl groups excluding tert-OH is 1. The van der Waals surface area contributed by atoms with Crippen LogP contribution in [-0.4, -0.2) is 39.8 Å². The normalized spacial score (nSPS) is 15.8. The number of aliphatic hydroxyl groups is 1. The molecule has 0 saturated heterocycles. The highest BCUT2D eigenvalue weighted by Crippen LogP contribution is 2.43. The summed E-state index contributed by atoms with van der Waals surface area (Å²) in [6.07, 6.45) is 5.73. The van der Waals surface area contributed by atoms with Crippen molar-refractivity contribution in [3.8, 4) is 11.5 Å². The van der Waals surface area contributed by atoms with Crippen LogP contribution in [0.15, 0.2) is 54.9 Å². The fraction of sp³-hybridized carbons (Fsp3) is 0.467. The third-order valence-corrected chi connectivity index (χ3v) is 9.12. The van der Waals surface area contributed by atoms with E-state index in [1.54, 1.807) is 14.2 Å². The first-order valence-electron chi connectivity index (χ1n) is 13.1. The highest BCUT2D eigenvalue weighted by atomic mass is 31.2. The van der Waals surface area contributed by atoms with Gasteiger partial charge in [-0.25, -0.2) is 0 Å². The van der Waals surface area contributed by atoms with Crippen LogP contribution in [-0.2, 0) is 29.4 Å². The predicted octanol–water partition coefficient (Wildman–Crippen LogP) is 5.42. The number of nitrogens with zero attached hydrogens (tertiary/aromatic N) is 1. The molecule has 0 spiro atoms. The van der Waals surface area contributed by atoms with Gasteiger partial charge in [0.2, 0.25) is 0 Å². The van der Waals surface area contributed by atoms with Gasteiger partial charge in [-0.2, -0.15) is 0 Å². The second kappa shape index (κ2) is 11.3. The van der Waals surface area contributed by atoms with Crippen molar-refractivity contribution < 1.29 is 28.9 Å². The smallest absolute Gasteiger partial charge is 0.326 e. The van der Waals surface area contributed by atoms with E-state index in [2.05, 4.69) is 24.3 Å². The Morgan fingerprint density at radius 1 is 1.05 bits per heavy atom. The minimum absolute atomic E-state index is 0.100. The van der Waals surface area contributed by atoms with Gasteiger partial charge >= 0.3 is 7.60 Å². The van der Waals surface area contributed by atoms with Crippen molar-refractivity contribution in [2.24, 2.45) is 11.8 Å². The maximum Gasteiger partial charge on any atom is 0.326 e. The van der Waals surface area contributed by atoms with Gasteiger partial charge < -0.3 is 28.9 Å². The predicted molar refractivity (Wildman–Crippen MR) is 149 cm³/mol. The molecule has 0 aliphatic heterocycles. The van der Waals surface area contributed by atoms with E-state index < -0.39 is 19.1 Å². The SMILES string of the molecule is COc1cc([C@@H](O)[C@@H](CC2Cc3ccccc3C2)Cn2ccc(C(C)(C)CP(=O)(O)O)c2)cc(OC)c1C. The van der Waals surface area contributed by atoms with Crippen molar-refractivity contribution in [3.05, 3.63) is 82.7 Å². The summed E-state index contributed by atoms with van der Waals surface area (Å²) in [5.74, 6) is 1.67. The molecule has 0 unspecified atom stereocenters. The Labute approximate surface area is 225 Å². The number of ether oxygens (including phenoxy) is 2. The molecule has 1 aliphatic carbocycles. The van der Waals surface area contributed by atoms with Crippen LogP contribution in [0.2, 0.25) is 0 Å². The molecular weight excluding hydrogens is 501 g/mol. The summed E-state index contributed by atoms with van der Waals surface area (Å²) in [6, 6.07) is 14.3. The molecule has 2 atom stereocenters. The number of hydrogen-bond donors (Lipinski definition) is 3. The summed E-state index contributed by atoms with van der Waals surface area (Å²) >= 11 is 0. The molecule has 2 aromatic carbocycles. The lowest BCUT2D eigenvalue weighted by Crippen LogP contribution is -2.23. The standard InChI is InChI=1S/C30H40NO6P/c1-20-27(36-4)15-24(16-28(20)37-5)29(32)25(14-21-12-22-8-6-7-9-23(22)13-21)17-31-11-10-26(18-31)30(2,3)19-38(33,34)35/h6-11,15-16,18,21,25,29,32H,12-14,17,19H2,1-5H3,(H2,33,34,35)/t25-,29+/m0/s1. The molecule has 8 heteroatoms. The molecule has 0 radical (unpaired) electrons. The Morgan fingerprint density at radius 3 is 2.16 bits per heavy atom. The molecule has 7 nitrogen and oxygen atoms in total. The van der Waals surface area contributed by atoms with Crippen molar-refractivity contribution in [1.29, 1.82) is 0 Å². The van der Waals surface area contributed by atoms with Crippen LogP contribution >= 0.6 is 7.60 Å². The summed E-state index contributed by atoms with van der Waals surface area (Å²) < 4.78 is 24.9. The van der Waals surface area contributed by atoms with Gasteiger partial charge in [-0.1, -0.05) is 38.1 Å². The fourth-order valence-electron chi connectivity index (χ4n) is 5.93. The highest BCUT2D eigenvalue weighted by molar-refractivity contribution is 7.51. The Morgan fingerprint density at radius 2 is 1.63 bits per heavy atom. The van der Waals surface area contributed by atoms with Crippen molar-refractivity contribution >= 4 is 7.60 Å². The maximum absolute atomic E-state index is 11.7. The van der Waals surface area contributed by atoms with E-state index in [-0.39, 0.29) is 12.1 Å². The highest BCUT2D eigenvalue weighted by Gasteiger charge is 2.32. The van der Waals surface area contributed by atoms with Crippen LogP contribution < -0.4 is 9.47 Å². The number of methoxy groups -OCH3 is 2. The molecule has 1 aromatic heterocycles. The first-order chi connectivity index (χ1) is 17.9. The minimum Gasteiger partial charge on any atom is -0.496 e. The Hall–Kier alpha value is -2.57. The van der Waals surface area contributed by atoms with Crippen molar-refractivity contribution in [3.63, 3.8) is 0 Å². The first kappa shape index (κ1) is 28.4. The lowest BCUT2D eigenvalue weighted by molar-refractivity contribution is 0.0815. The van der Waals surface area contributed by atoms with E-state index in [9.17, 15) is 19.5 Å². The van der Waals surface area contributed by atoms with Crippen LogP contribution in [0, 0.1) is 18.8 Å². The first-order valence-corrected chi connectivity index (χ1v) is 14.9. The second-order valence-electron chi connectivity index (χ2n) is 11.3. The number of aromatic nitrogens is 1. The zero-order chi connectivity index (χ0) is 27.7. The molecule has 0 saturated carbocycles. The van der Waals surface area contributed by atoms with Gasteiger partial charge in [0.05, 0.1) is 26.5 Å². The molecule has 3 aromatic rings. The quantitative estimate of drug-likeness (QED) is 0.280. The van der Waals surface area contributed by atoms with Gasteiger partial charge in [0.25, 0.3) is 0 Å². The third kappa shape index (κ3) is 6.52. The minimum atomic E-state index is -4.17. The van der Waals surface area contributed by atoms with E-state index >= 15 is 0 Å². The molecule has 38 heavy (non-hydrogen) atoms. The van der Waals surface area contributed by atoms with Crippen LogP contribution in [0.3, 0.4) is 0 Å². The van der Waals surface area contributed by atoms with Gasteiger partial charge in [0.15, 0.2) is 0 Å². The second-order valence-corrected chi connectivity index (χ2v) is 13.0. The van der Waals surface area contributed by atoms with E-state index in [1.807, 2.05) is 55.9 Å². The molecule has 1 aliphatic rings. The Kier molecular flexibility index (Phi) is 8.43. The monoisotopic (exact) mass is 541 g/mol. The largest absolute Gasteiger partial charge is 0.496 e. The maximum atomic E-state index is 11.7. The molecule has 0 fully saturated rings. The fourth-order valence-corrected chi connectivity index (χ4v) is 7.14. The topological polar surface area (TPSA) is 101 Å². The average molecular weight is 542 g/mol. The Bertz CT molecular complexity index is 1260. The third-order valence-electron chi connectivity index (χ3n) is 7.91. The molecule has 3 N–H and O–H groups in total. The summed E-state index contributed by atoms with van der Waals surface area (Å²) in [7, 11) is -0.934. The Balaban J connectivity index is 1.62. The molecule has 0 bridgehead atoms. The van der Waals surface area contributed by atoms with E-state index in [1.165, 1.54) is 11.1 Å².